The molecule has 0 saturated heterocycles. The lowest BCUT2D eigenvalue weighted by Gasteiger charge is -2.25. The topological polar surface area (TPSA) is 138 Å². The van der Waals surface area contributed by atoms with Crippen molar-refractivity contribution in [3.8, 4) is 11.8 Å². The van der Waals surface area contributed by atoms with E-state index in [2.05, 4.69) is 41.9 Å². The van der Waals surface area contributed by atoms with Gasteiger partial charge in [0.2, 0.25) is 0 Å². The molecule has 3 heterocycles. The largest absolute Gasteiger partial charge is 0.371 e. The van der Waals surface area contributed by atoms with E-state index in [-0.39, 0.29) is 6.04 Å². The Morgan fingerprint density at radius 2 is 2.06 bits per heavy atom. The van der Waals surface area contributed by atoms with Crippen LogP contribution in [0.4, 0.5) is 23.0 Å². The van der Waals surface area contributed by atoms with Crippen molar-refractivity contribution < 1.29 is 0 Å². The minimum absolute atomic E-state index is 0.0277. The third kappa shape index (κ3) is 4.28. The smallest absolute Gasteiger partial charge is 0.177 e. The van der Waals surface area contributed by atoms with E-state index in [0.717, 1.165) is 35.7 Å². The highest BCUT2D eigenvalue weighted by Crippen LogP contribution is 2.31. The average Bonchev–Trinajstić information content (AvgIpc) is 3.26. The number of nitriles is 1. The predicted octanol–water partition coefficient (Wildman–Crippen LogP) is 2.28. The van der Waals surface area contributed by atoms with Gasteiger partial charge < -0.3 is 21.3 Å². The lowest BCUT2D eigenvalue weighted by molar-refractivity contribution is 0.716. The average molecular weight is 444 g/mol. The molecule has 4 aromatic rings. The van der Waals surface area contributed by atoms with Gasteiger partial charge in [-0.25, -0.2) is 4.98 Å². The standard InChI is InChI=1S/C22H25N11/c1-14(24)11-31(2)18-6-5-17(7-19(18)32-12-25-26-13-32)28-20-8-21(29-16-3-4-16)33-22(30-20)15(9-23)10-27-33/h5-8,10,12-14,16,29H,3-4,11,24H2,1-2H3,(H,28,30)/t14-/m1/s1. The first-order chi connectivity index (χ1) is 16.0. The summed E-state index contributed by atoms with van der Waals surface area (Å²) < 4.78 is 3.54. The van der Waals surface area contributed by atoms with Crippen LogP contribution in [0.15, 0.2) is 43.1 Å². The van der Waals surface area contributed by atoms with Crippen molar-refractivity contribution in [2.24, 2.45) is 5.73 Å². The molecule has 1 saturated carbocycles. The van der Waals surface area contributed by atoms with Crippen LogP contribution in [-0.4, -0.2) is 55.0 Å². The SMILES string of the molecule is C[C@@H](N)CN(C)c1ccc(Nc2cc(NC3CC3)n3ncc(C#N)c3n2)cc1-n1cnnc1. The van der Waals surface area contributed by atoms with Crippen LogP contribution in [0.3, 0.4) is 0 Å². The van der Waals surface area contributed by atoms with Gasteiger partial charge >= 0.3 is 0 Å². The van der Waals surface area contributed by atoms with Crippen LogP contribution < -0.4 is 21.3 Å². The molecule has 168 valence electrons. The molecule has 4 N–H and O–H groups in total. The first-order valence-electron chi connectivity index (χ1n) is 10.8. The molecule has 11 heteroatoms. The van der Waals surface area contributed by atoms with E-state index in [9.17, 15) is 5.26 Å². The number of anilines is 4. The molecule has 33 heavy (non-hydrogen) atoms. The van der Waals surface area contributed by atoms with Crippen molar-refractivity contribution in [3.63, 3.8) is 0 Å². The van der Waals surface area contributed by atoms with E-state index in [1.165, 1.54) is 6.20 Å². The molecule has 0 aliphatic heterocycles. The number of fused-ring (bicyclic) bond motifs is 1. The van der Waals surface area contributed by atoms with Gasteiger partial charge in [0.25, 0.3) is 0 Å². The van der Waals surface area contributed by atoms with Crippen molar-refractivity contribution in [3.05, 3.63) is 48.7 Å². The number of nitrogens with two attached hydrogens (primary N) is 1. The molecule has 0 radical (unpaired) electrons. The molecule has 5 rings (SSSR count). The molecular weight excluding hydrogens is 418 g/mol. The maximum atomic E-state index is 9.46. The van der Waals surface area contributed by atoms with Gasteiger partial charge in [0.05, 0.1) is 17.6 Å². The summed E-state index contributed by atoms with van der Waals surface area (Å²) in [5.74, 6) is 1.42. The molecule has 0 spiro atoms. The van der Waals surface area contributed by atoms with Gasteiger partial charge in [-0.05, 0) is 38.0 Å². The fourth-order valence-corrected chi connectivity index (χ4v) is 3.78. The summed E-state index contributed by atoms with van der Waals surface area (Å²) in [7, 11) is 2.01. The van der Waals surface area contributed by atoms with Crippen molar-refractivity contribution in [2.45, 2.75) is 31.8 Å². The maximum absolute atomic E-state index is 9.46. The Hall–Kier alpha value is -4.17. The molecule has 1 aliphatic carbocycles. The van der Waals surface area contributed by atoms with E-state index in [0.29, 0.717) is 29.6 Å². The molecular formula is C22H25N11. The monoisotopic (exact) mass is 443 g/mol. The molecule has 0 amide bonds. The summed E-state index contributed by atoms with van der Waals surface area (Å²) >= 11 is 0. The molecule has 0 bridgehead atoms. The number of benzene rings is 1. The summed E-state index contributed by atoms with van der Waals surface area (Å²) in [6, 6.07) is 10.6. The Morgan fingerprint density at radius 1 is 1.27 bits per heavy atom. The summed E-state index contributed by atoms with van der Waals surface area (Å²) in [5.41, 5.74) is 9.70. The highest BCUT2D eigenvalue weighted by Gasteiger charge is 2.23. The van der Waals surface area contributed by atoms with Crippen LogP contribution >= 0.6 is 0 Å². The Morgan fingerprint density at radius 3 is 2.76 bits per heavy atom. The molecule has 1 aliphatic rings. The Bertz CT molecular complexity index is 1310. The summed E-state index contributed by atoms with van der Waals surface area (Å²) in [5, 5.41) is 28.6. The fourth-order valence-electron chi connectivity index (χ4n) is 3.78. The summed E-state index contributed by atoms with van der Waals surface area (Å²) in [4.78, 5) is 6.76. The lowest BCUT2D eigenvalue weighted by atomic mass is 10.2. The van der Waals surface area contributed by atoms with Crippen LogP contribution in [0.2, 0.25) is 0 Å². The summed E-state index contributed by atoms with van der Waals surface area (Å²) in [6.07, 6.45) is 7.11. The van der Waals surface area contributed by atoms with Gasteiger partial charge in [-0.2, -0.15) is 14.9 Å². The van der Waals surface area contributed by atoms with Gasteiger partial charge in [0.1, 0.15) is 35.9 Å². The zero-order chi connectivity index (χ0) is 22.9. The predicted molar refractivity (Wildman–Crippen MR) is 126 cm³/mol. The zero-order valence-electron chi connectivity index (χ0n) is 18.5. The van der Waals surface area contributed by atoms with E-state index < -0.39 is 0 Å². The molecule has 1 aromatic carbocycles. The van der Waals surface area contributed by atoms with Crippen LogP contribution in [0.5, 0.6) is 0 Å². The number of nitrogens with one attached hydrogen (secondary N) is 2. The van der Waals surface area contributed by atoms with Crippen molar-refractivity contribution in [2.75, 3.05) is 29.1 Å². The van der Waals surface area contributed by atoms with Crippen LogP contribution in [0.25, 0.3) is 11.3 Å². The van der Waals surface area contributed by atoms with Crippen LogP contribution in [0, 0.1) is 11.3 Å². The van der Waals surface area contributed by atoms with Gasteiger partial charge in [-0.3, -0.25) is 4.57 Å². The van der Waals surface area contributed by atoms with Crippen molar-refractivity contribution >= 4 is 28.7 Å². The molecule has 0 unspecified atom stereocenters. The lowest BCUT2D eigenvalue weighted by Crippen LogP contribution is -2.33. The van der Waals surface area contributed by atoms with Crippen molar-refractivity contribution in [1.82, 2.24) is 29.4 Å². The number of likely N-dealkylation sites (N-methyl/N-ethyl adjacent to an activating group) is 1. The molecule has 1 fully saturated rings. The third-order valence-corrected chi connectivity index (χ3v) is 5.44. The zero-order valence-corrected chi connectivity index (χ0v) is 18.5. The second kappa shape index (κ2) is 8.40. The second-order valence-electron chi connectivity index (χ2n) is 8.41. The second-order valence-corrected chi connectivity index (χ2v) is 8.41. The maximum Gasteiger partial charge on any atom is 0.177 e. The highest BCUT2D eigenvalue weighted by molar-refractivity contribution is 5.73. The van der Waals surface area contributed by atoms with Gasteiger partial charge in [-0.1, -0.05) is 0 Å². The Kier molecular flexibility index (Phi) is 5.27. The minimum atomic E-state index is 0.0277. The van der Waals surface area contributed by atoms with Gasteiger partial charge in [0, 0.05) is 37.4 Å². The quantitative estimate of drug-likeness (QED) is 0.374. The number of hydrogen-bond acceptors (Lipinski definition) is 9. The first kappa shape index (κ1) is 20.7. The van der Waals surface area contributed by atoms with Crippen molar-refractivity contribution in [1.29, 1.82) is 5.26 Å². The number of nitrogens with zero attached hydrogens (tertiary/aromatic N) is 8. The van der Waals surface area contributed by atoms with Gasteiger partial charge in [-0.15, -0.1) is 10.2 Å². The molecule has 11 nitrogen and oxygen atoms in total. The highest BCUT2D eigenvalue weighted by atomic mass is 15.3. The molecule has 1 atom stereocenters. The number of aromatic nitrogens is 6. The van der Waals surface area contributed by atoms with Gasteiger partial charge in [0.15, 0.2) is 5.65 Å². The van der Waals surface area contributed by atoms with Crippen LogP contribution in [0.1, 0.15) is 25.3 Å². The number of rotatable bonds is 8. The van der Waals surface area contributed by atoms with E-state index in [1.807, 2.05) is 42.8 Å². The van der Waals surface area contributed by atoms with E-state index in [4.69, 9.17) is 5.73 Å². The van der Waals surface area contributed by atoms with E-state index in [1.54, 1.807) is 17.2 Å². The first-order valence-corrected chi connectivity index (χ1v) is 10.8. The summed E-state index contributed by atoms with van der Waals surface area (Å²) in [6.45, 7) is 2.68. The Balaban J connectivity index is 1.52. The normalized spacial score (nSPS) is 14.1. The third-order valence-electron chi connectivity index (χ3n) is 5.44. The fraction of sp³-hybridized carbons (Fsp3) is 0.318. The minimum Gasteiger partial charge on any atom is -0.371 e. The van der Waals surface area contributed by atoms with E-state index >= 15 is 0 Å². The molecule has 3 aromatic heterocycles. The number of hydrogen-bond donors (Lipinski definition) is 3. The Labute approximate surface area is 190 Å². The van der Waals surface area contributed by atoms with Crippen LogP contribution in [-0.2, 0) is 0 Å².